The lowest BCUT2D eigenvalue weighted by Crippen LogP contribution is -2.29. The summed E-state index contributed by atoms with van der Waals surface area (Å²) in [6.45, 7) is 6.38. The number of aliphatic hydroxyl groups is 1. The lowest BCUT2D eigenvalue weighted by molar-refractivity contribution is -0.124. The highest BCUT2D eigenvalue weighted by Crippen LogP contribution is 1.84. The smallest absolute Gasteiger partial charge is 0.245 e. The minimum atomic E-state index is -0.493. The van der Waals surface area contributed by atoms with Crippen molar-refractivity contribution in [2.45, 2.75) is 13.3 Å². The predicted molar refractivity (Wildman–Crippen MR) is 73.7 cm³/mol. The molecule has 0 aliphatic rings. The van der Waals surface area contributed by atoms with Gasteiger partial charge in [-0.3, -0.25) is 4.79 Å². The maximum atomic E-state index is 10.7. The molecule has 0 aromatic heterocycles. The largest absolute Gasteiger partial charge is 0.387 e. The summed E-state index contributed by atoms with van der Waals surface area (Å²) in [4.78, 5) is 10.7. The van der Waals surface area contributed by atoms with Crippen LogP contribution < -0.4 is 5.32 Å². The van der Waals surface area contributed by atoms with Crippen LogP contribution in [0.3, 0.4) is 0 Å². The molecule has 20 heavy (non-hydrogen) atoms. The molecule has 120 valence electrons. The molecule has 0 bridgehead atoms. The quantitative estimate of drug-likeness (QED) is 0.399. The zero-order chi connectivity index (χ0) is 14.9. The average Bonchev–Trinajstić information content (AvgIpc) is 2.47. The third kappa shape index (κ3) is 15.3. The van der Waals surface area contributed by atoms with Crippen molar-refractivity contribution in [3.05, 3.63) is 0 Å². The van der Waals surface area contributed by atoms with Crippen molar-refractivity contribution in [1.29, 1.82) is 0 Å². The summed E-state index contributed by atoms with van der Waals surface area (Å²) in [6, 6.07) is 0. The van der Waals surface area contributed by atoms with Gasteiger partial charge in [-0.25, -0.2) is 0 Å². The van der Waals surface area contributed by atoms with Gasteiger partial charge in [0, 0.05) is 13.2 Å². The Hall–Kier alpha value is -0.730. The number of amides is 1. The summed E-state index contributed by atoms with van der Waals surface area (Å²) in [5.74, 6) is -0.398. The highest BCUT2D eigenvalue weighted by Gasteiger charge is 1.96. The number of aliphatic hydroxyl groups excluding tert-OH is 1. The fourth-order valence-electron chi connectivity index (χ4n) is 1.22. The van der Waals surface area contributed by atoms with Crippen LogP contribution in [0.25, 0.3) is 0 Å². The van der Waals surface area contributed by atoms with Crippen LogP contribution >= 0.6 is 0 Å². The second-order valence-corrected chi connectivity index (χ2v) is 3.96. The minimum absolute atomic E-state index is 0.389. The first kappa shape index (κ1) is 19.3. The lowest BCUT2D eigenvalue weighted by atomic mass is 10.5. The molecule has 0 saturated heterocycles. The third-order valence-electron chi connectivity index (χ3n) is 2.18. The van der Waals surface area contributed by atoms with Crippen molar-refractivity contribution in [3.63, 3.8) is 0 Å². The van der Waals surface area contributed by atoms with E-state index in [0.717, 1.165) is 13.0 Å². The fraction of sp³-hybridized carbons (Fsp3) is 0.923. The van der Waals surface area contributed by atoms with E-state index >= 15 is 0 Å². The molecule has 2 N–H and O–H groups in total. The summed E-state index contributed by atoms with van der Waals surface area (Å²) in [5.41, 5.74) is 0. The molecule has 7 heteroatoms. The number of hydrogen-bond acceptors (Lipinski definition) is 6. The van der Waals surface area contributed by atoms with Gasteiger partial charge >= 0.3 is 0 Å². The molecule has 0 atom stereocenters. The SMILES string of the molecule is CCCOCCOCCOCCOCCNC(=O)CO. The average molecular weight is 293 g/mol. The van der Waals surface area contributed by atoms with E-state index < -0.39 is 12.5 Å². The first-order valence-electron chi connectivity index (χ1n) is 6.99. The Morgan fingerprint density at radius 2 is 1.30 bits per heavy atom. The summed E-state index contributed by atoms with van der Waals surface area (Å²) in [7, 11) is 0. The third-order valence-corrected chi connectivity index (χ3v) is 2.18. The second-order valence-electron chi connectivity index (χ2n) is 3.96. The minimum Gasteiger partial charge on any atom is -0.387 e. The Bertz CT molecular complexity index is 215. The lowest BCUT2D eigenvalue weighted by Gasteiger charge is -2.07. The van der Waals surface area contributed by atoms with Gasteiger partial charge in [0.05, 0.1) is 46.2 Å². The molecule has 0 radical (unpaired) electrons. The maximum Gasteiger partial charge on any atom is 0.245 e. The van der Waals surface area contributed by atoms with Gasteiger partial charge in [-0.15, -0.1) is 0 Å². The van der Waals surface area contributed by atoms with E-state index in [1.54, 1.807) is 0 Å². The Kier molecular flexibility index (Phi) is 15.7. The molecule has 0 aromatic carbocycles. The molecule has 0 aliphatic carbocycles. The Morgan fingerprint density at radius 1 is 0.850 bits per heavy atom. The number of carbonyl (C=O) groups is 1. The summed E-state index contributed by atoms with van der Waals surface area (Å²) in [5, 5.41) is 10.9. The van der Waals surface area contributed by atoms with Gasteiger partial charge in [-0.2, -0.15) is 0 Å². The van der Waals surface area contributed by atoms with E-state index in [2.05, 4.69) is 12.2 Å². The van der Waals surface area contributed by atoms with Gasteiger partial charge in [0.25, 0.3) is 0 Å². The van der Waals surface area contributed by atoms with Gasteiger partial charge < -0.3 is 29.4 Å². The van der Waals surface area contributed by atoms with Gasteiger partial charge in [0.15, 0.2) is 0 Å². The van der Waals surface area contributed by atoms with Crippen molar-refractivity contribution in [2.75, 3.05) is 66.0 Å². The molecule has 0 rings (SSSR count). The zero-order valence-corrected chi connectivity index (χ0v) is 12.3. The first-order chi connectivity index (χ1) is 9.81. The van der Waals surface area contributed by atoms with E-state index in [-0.39, 0.29) is 0 Å². The fourth-order valence-corrected chi connectivity index (χ4v) is 1.22. The molecule has 0 aromatic rings. The maximum absolute atomic E-state index is 10.7. The number of ether oxygens (including phenoxy) is 4. The van der Waals surface area contributed by atoms with Gasteiger partial charge in [-0.1, -0.05) is 6.92 Å². The van der Waals surface area contributed by atoms with Crippen LogP contribution in [-0.2, 0) is 23.7 Å². The Labute approximate surface area is 120 Å². The van der Waals surface area contributed by atoms with Crippen LogP contribution in [-0.4, -0.2) is 77.0 Å². The molecule has 0 spiro atoms. The number of rotatable bonds is 15. The van der Waals surface area contributed by atoms with Crippen LogP contribution in [0.5, 0.6) is 0 Å². The monoisotopic (exact) mass is 293 g/mol. The van der Waals surface area contributed by atoms with Gasteiger partial charge in [0.1, 0.15) is 6.61 Å². The van der Waals surface area contributed by atoms with E-state index in [1.165, 1.54) is 0 Å². The predicted octanol–water partition coefficient (Wildman–Crippen LogP) is -0.429. The van der Waals surface area contributed by atoms with Crippen molar-refractivity contribution in [2.24, 2.45) is 0 Å². The molecule has 0 heterocycles. The molecule has 0 fully saturated rings. The van der Waals surface area contributed by atoms with Crippen LogP contribution in [0, 0.1) is 0 Å². The van der Waals surface area contributed by atoms with Gasteiger partial charge in [-0.05, 0) is 6.42 Å². The molecule has 0 unspecified atom stereocenters. The van der Waals surface area contributed by atoms with Crippen LogP contribution in [0.4, 0.5) is 0 Å². The molecule has 0 saturated carbocycles. The van der Waals surface area contributed by atoms with Crippen molar-refractivity contribution < 1.29 is 28.8 Å². The molecular weight excluding hydrogens is 266 g/mol. The van der Waals surface area contributed by atoms with Crippen LogP contribution in [0.15, 0.2) is 0 Å². The first-order valence-corrected chi connectivity index (χ1v) is 6.99. The standard InChI is InChI=1S/C13H27NO6/c1-2-4-17-6-8-19-10-11-20-9-7-18-5-3-14-13(16)12-15/h15H,2-12H2,1H3,(H,14,16). The molecule has 7 nitrogen and oxygen atoms in total. The Morgan fingerprint density at radius 3 is 1.75 bits per heavy atom. The number of hydrogen-bond donors (Lipinski definition) is 2. The van der Waals surface area contributed by atoms with E-state index in [4.69, 9.17) is 24.1 Å². The van der Waals surface area contributed by atoms with Crippen molar-refractivity contribution >= 4 is 5.91 Å². The van der Waals surface area contributed by atoms with Crippen LogP contribution in [0.1, 0.15) is 13.3 Å². The molecule has 1 amide bonds. The number of nitrogens with one attached hydrogen (secondary N) is 1. The second kappa shape index (κ2) is 16.3. The van der Waals surface area contributed by atoms with Crippen molar-refractivity contribution in [1.82, 2.24) is 5.32 Å². The van der Waals surface area contributed by atoms with Crippen LogP contribution in [0.2, 0.25) is 0 Å². The zero-order valence-electron chi connectivity index (χ0n) is 12.3. The summed E-state index contributed by atoms with van der Waals surface area (Å²) in [6.07, 6.45) is 1.02. The molecular formula is C13H27NO6. The normalized spacial score (nSPS) is 10.7. The molecule has 0 aliphatic heterocycles. The van der Waals surface area contributed by atoms with E-state index in [0.29, 0.717) is 52.8 Å². The Balaban J connectivity index is 2.97. The van der Waals surface area contributed by atoms with E-state index in [9.17, 15) is 4.79 Å². The number of carbonyl (C=O) groups excluding carboxylic acids is 1. The summed E-state index contributed by atoms with van der Waals surface area (Å²) < 4.78 is 21.1. The van der Waals surface area contributed by atoms with E-state index in [1.807, 2.05) is 0 Å². The topological polar surface area (TPSA) is 86.3 Å². The van der Waals surface area contributed by atoms with Crippen molar-refractivity contribution in [3.8, 4) is 0 Å². The summed E-state index contributed by atoms with van der Waals surface area (Å²) >= 11 is 0. The van der Waals surface area contributed by atoms with Gasteiger partial charge in [0.2, 0.25) is 5.91 Å². The highest BCUT2D eigenvalue weighted by atomic mass is 16.6. The highest BCUT2D eigenvalue weighted by molar-refractivity contribution is 5.76.